The number of aliphatic hydroxyl groups excluding tert-OH is 1. The maximum absolute atomic E-state index is 8.74. The van der Waals surface area contributed by atoms with Crippen molar-refractivity contribution in [3.8, 4) is 5.75 Å². The van der Waals surface area contributed by atoms with Gasteiger partial charge in [0.2, 0.25) is 0 Å². The van der Waals surface area contributed by atoms with Crippen molar-refractivity contribution in [1.82, 2.24) is 0 Å². The van der Waals surface area contributed by atoms with Gasteiger partial charge in [-0.05, 0) is 31.5 Å². The Labute approximate surface area is 72.8 Å². The highest BCUT2D eigenvalue weighted by atomic mass is 16.5. The van der Waals surface area contributed by atoms with Crippen LogP contribution in [0.15, 0.2) is 24.3 Å². The molecule has 0 heterocycles. The van der Waals surface area contributed by atoms with Crippen LogP contribution in [0.1, 0.15) is 12.5 Å². The van der Waals surface area contributed by atoms with E-state index >= 15 is 0 Å². The van der Waals surface area contributed by atoms with Crippen molar-refractivity contribution >= 4 is 0 Å². The van der Waals surface area contributed by atoms with E-state index in [2.05, 4.69) is 0 Å². The molecule has 0 aromatic heterocycles. The fraction of sp³-hybridized carbons (Fsp3) is 0.400. The Morgan fingerprint density at radius 3 is 2.83 bits per heavy atom. The third-order valence-corrected chi connectivity index (χ3v) is 1.58. The van der Waals surface area contributed by atoms with Crippen molar-refractivity contribution in [3.63, 3.8) is 0 Å². The first kappa shape index (κ1) is 9.07. The first-order chi connectivity index (χ1) is 5.72. The summed E-state index contributed by atoms with van der Waals surface area (Å²) in [6, 6.07) is 7.79. The second kappa shape index (κ2) is 4.12. The summed E-state index contributed by atoms with van der Waals surface area (Å²) in [7, 11) is 0. The number of ether oxygens (including phenoxy) is 1. The van der Waals surface area contributed by atoms with Gasteiger partial charge in [-0.25, -0.2) is 0 Å². The fourth-order valence-electron chi connectivity index (χ4n) is 0.958. The molecular formula is C10H14O2. The summed E-state index contributed by atoms with van der Waals surface area (Å²) < 4.78 is 5.39. The van der Waals surface area contributed by atoms with Crippen LogP contribution in [-0.4, -0.2) is 17.8 Å². The molecule has 1 rings (SSSR count). The van der Waals surface area contributed by atoms with Crippen LogP contribution >= 0.6 is 0 Å². The van der Waals surface area contributed by atoms with Gasteiger partial charge < -0.3 is 9.84 Å². The lowest BCUT2D eigenvalue weighted by Gasteiger charge is -2.11. The summed E-state index contributed by atoms with van der Waals surface area (Å²) in [5.74, 6) is 0.816. The minimum Gasteiger partial charge on any atom is -0.488 e. The molecule has 12 heavy (non-hydrogen) atoms. The number of aliphatic hydroxyl groups is 1. The van der Waals surface area contributed by atoms with Crippen LogP contribution in [0.5, 0.6) is 5.75 Å². The standard InChI is InChI=1S/C10H14O2/c1-8-4-3-5-10(6-8)12-9(2)7-11/h3-6,9,11H,7H2,1-2H3/t9-/m0/s1. The van der Waals surface area contributed by atoms with E-state index in [0.29, 0.717) is 0 Å². The highest BCUT2D eigenvalue weighted by molar-refractivity contribution is 5.27. The highest BCUT2D eigenvalue weighted by Crippen LogP contribution is 2.13. The monoisotopic (exact) mass is 166 g/mol. The molecule has 0 aliphatic heterocycles. The molecule has 2 nitrogen and oxygen atoms in total. The number of hydrogen-bond donors (Lipinski definition) is 1. The normalized spacial score (nSPS) is 12.6. The van der Waals surface area contributed by atoms with Crippen molar-refractivity contribution in [2.75, 3.05) is 6.61 Å². The molecule has 0 radical (unpaired) electrons. The molecule has 0 amide bonds. The zero-order chi connectivity index (χ0) is 8.97. The Balaban J connectivity index is 2.63. The lowest BCUT2D eigenvalue weighted by Crippen LogP contribution is -2.16. The Kier molecular flexibility index (Phi) is 3.11. The van der Waals surface area contributed by atoms with E-state index in [1.165, 1.54) is 0 Å². The summed E-state index contributed by atoms with van der Waals surface area (Å²) in [5.41, 5.74) is 1.16. The van der Waals surface area contributed by atoms with Crippen LogP contribution < -0.4 is 4.74 Å². The molecule has 0 fully saturated rings. The number of hydrogen-bond acceptors (Lipinski definition) is 2. The van der Waals surface area contributed by atoms with E-state index in [4.69, 9.17) is 9.84 Å². The molecule has 0 spiro atoms. The molecule has 0 bridgehead atoms. The third-order valence-electron chi connectivity index (χ3n) is 1.58. The predicted octanol–water partition coefficient (Wildman–Crippen LogP) is 1.75. The van der Waals surface area contributed by atoms with Crippen LogP contribution in [0.2, 0.25) is 0 Å². The SMILES string of the molecule is Cc1cccc(O[C@@H](C)CO)c1. The van der Waals surface area contributed by atoms with Gasteiger partial charge in [-0.2, -0.15) is 0 Å². The maximum atomic E-state index is 8.74. The third kappa shape index (κ3) is 2.55. The molecule has 0 unspecified atom stereocenters. The van der Waals surface area contributed by atoms with Crippen LogP contribution in [0.3, 0.4) is 0 Å². The summed E-state index contributed by atoms with van der Waals surface area (Å²) >= 11 is 0. The Morgan fingerprint density at radius 2 is 2.25 bits per heavy atom. The summed E-state index contributed by atoms with van der Waals surface area (Å²) in [6.07, 6.45) is -0.133. The van der Waals surface area contributed by atoms with E-state index in [1.807, 2.05) is 38.1 Å². The van der Waals surface area contributed by atoms with E-state index in [9.17, 15) is 0 Å². The molecule has 0 aliphatic rings. The lowest BCUT2D eigenvalue weighted by molar-refractivity contribution is 0.129. The molecule has 1 aromatic rings. The van der Waals surface area contributed by atoms with Gasteiger partial charge in [0, 0.05) is 0 Å². The average molecular weight is 166 g/mol. The van der Waals surface area contributed by atoms with Gasteiger partial charge in [0.15, 0.2) is 0 Å². The fourth-order valence-corrected chi connectivity index (χ4v) is 0.958. The minimum absolute atomic E-state index is 0.0495. The van der Waals surface area contributed by atoms with E-state index in [0.717, 1.165) is 11.3 Å². The Hall–Kier alpha value is -1.02. The van der Waals surface area contributed by atoms with E-state index in [1.54, 1.807) is 0 Å². The second-order valence-electron chi connectivity index (χ2n) is 2.93. The zero-order valence-electron chi connectivity index (χ0n) is 7.45. The predicted molar refractivity (Wildman–Crippen MR) is 48.4 cm³/mol. The van der Waals surface area contributed by atoms with Crippen LogP contribution in [0.25, 0.3) is 0 Å². The smallest absolute Gasteiger partial charge is 0.120 e. The van der Waals surface area contributed by atoms with Gasteiger partial charge in [-0.15, -0.1) is 0 Å². The molecular weight excluding hydrogens is 152 g/mol. The van der Waals surface area contributed by atoms with Crippen molar-refractivity contribution < 1.29 is 9.84 Å². The largest absolute Gasteiger partial charge is 0.488 e. The number of aryl methyl sites for hydroxylation is 1. The van der Waals surface area contributed by atoms with Gasteiger partial charge in [0.1, 0.15) is 11.9 Å². The lowest BCUT2D eigenvalue weighted by atomic mass is 10.2. The molecule has 66 valence electrons. The van der Waals surface area contributed by atoms with Crippen molar-refractivity contribution in [2.45, 2.75) is 20.0 Å². The molecule has 2 heteroatoms. The Morgan fingerprint density at radius 1 is 1.50 bits per heavy atom. The van der Waals surface area contributed by atoms with E-state index < -0.39 is 0 Å². The van der Waals surface area contributed by atoms with Gasteiger partial charge >= 0.3 is 0 Å². The summed E-state index contributed by atoms with van der Waals surface area (Å²) in [6.45, 7) is 3.90. The van der Waals surface area contributed by atoms with Gasteiger partial charge in [-0.3, -0.25) is 0 Å². The topological polar surface area (TPSA) is 29.5 Å². The summed E-state index contributed by atoms with van der Waals surface area (Å²) in [4.78, 5) is 0. The van der Waals surface area contributed by atoms with Crippen LogP contribution in [-0.2, 0) is 0 Å². The van der Waals surface area contributed by atoms with Crippen LogP contribution in [0.4, 0.5) is 0 Å². The molecule has 0 aliphatic carbocycles. The van der Waals surface area contributed by atoms with Crippen LogP contribution in [0, 0.1) is 6.92 Å². The molecule has 0 saturated carbocycles. The Bertz CT molecular complexity index is 245. The second-order valence-corrected chi connectivity index (χ2v) is 2.93. The molecule has 1 N–H and O–H groups in total. The summed E-state index contributed by atoms with van der Waals surface area (Å²) in [5, 5.41) is 8.74. The highest BCUT2D eigenvalue weighted by Gasteiger charge is 2.00. The van der Waals surface area contributed by atoms with Crippen molar-refractivity contribution in [1.29, 1.82) is 0 Å². The first-order valence-corrected chi connectivity index (χ1v) is 4.06. The van der Waals surface area contributed by atoms with Crippen molar-refractivity contribution in [3.05, 3.63) is 29.8 Å². The average Bonchev–Trinajstić information content (AvgIpc) is 2.04. The maximum Gasteiger partial charge on any atom is 0.120 e. The first-order valence-electron chi connectivity index (χ1n) is 4.06. The molecule has 1 aromatic carbocycles. The molecule has 0 saturated heterocycles. The zero-order valence-corrected chi connectivity index (χ0v) is 7.45. The minimum atomic E-state index is -0.133. The van der Waals surface area contributed by atoms with Gasteiger partial charge in [0.25, 0.3) is 0 Å². The molecule has 1 atom stereocenters. The number of rotatable bonds is 3. The quantitative estimate of drug-likeness (QED) is 0.741. The van der Waals surface area contributed by atoms with E-state index in [-0.39, 0.29) is 12.7 Å². The number of benzene rings is 1. The van der Waals surface area contributed by atoms with Crippen molar-refractivity contribution in [2.24, 2.45) is 0 Å². The van der Waals surface area contributed by atoms with Gasteiger partial charge in [-0.1, -0.05) is 12.1 Å². The van der Waals surface area contributed by atoms with Gasteiger partial charge in [0.05, 0.1) is 6.61 Å².